The molecule has 40 heavy (non-hydrogen) atoms. The van der Waals surface area contributed by atoms with E-state index in [2.05, 4.69) is 124 Å². The highest BCUT2D eigenvalue weighted by molar-refractivity contribution is 5.78. The van der Waals surface area contributed by atoms with Gasteiger partial charge in [0.1, 0.15) is 0 Å². The second-order valence-corrected chi connectivity index (χ2v) is 10.5. The molecule has 0 bridgehead atoms. The molecule has 0 aliphatic heterocycles. The van der Waals surface area contributed by atoms with Gasteiger partial charge in [-0.3, -0.25) is 4.98 Å². The molecular formula is C37H31N3. The fraction of sp³-hybridized carbons (Fsp3) is 0.108. The van der Waals surface area contributed by atoms with Crippen LogP contribution >= 0.6 is 0 Å². The molecule has 2 aromatic heterocycles. The van der Waals surface area contributed by atoms with Gasteiger partial charge in [0, 0.05) is 28.5 Å². The van der Waals surface area contributed by atoms with E-state index in [0.717, 1.165) is 56.3 Å². The van der Waals surface area contributed by atoms with Crippen LogP contribution in [-0.2, 0) is 0 Å². The van der Waals surface area contributed by atoms with Crippen LogP contribution in [0.4, 0.5) is 0 Å². The van der Waals surface area contributed by atoms with Crippen molar-refractivity contribution < 1.29 is 0 Å². The number of nitrogens with zero attached hydrogens (tertiary/aromatic N) is 3. The van der Waals surface area contributed by atoms with Crippen LogP contribution in [0.5, 0.6) is 0 Å². The molecule has 0 aliphatic rings. The minimum Gasteiger partial charge on any atom is -0.256 e. The predicted molar refractivity (Wildman–Crippen MR) is 166 cm³/mol. The maximum absolute atomic E-state index is 5.13. The van der Waals surface area contributed by atoms with Crippen molar-refractivity contribution in [3.8, 4) is 56.3 Å². The highest BCUT2D eigenvalue weighted by Crippen LogP contribution is 2.33. The van der Waals surface area contributed by atoms with E-state index < -0.39 is 0 Å². The molecule has 0 N–H and O–H groups in total. The van der Waals surface area contributed by atoms with Gasteiger partial charge >= 0.3 is 0 Å². The number of benzene rings is 4. The Labute approximate surface area is 236 Å². The molecule has 3 heteroatoms. The van der Waals surface area contributed by atoms with Crippen molar-refractivity contribution in [2.24, 2.45) is 0 Å². The van der Waals surface area contributed by atoms with Gasteiger partial charge in [0.05, 0.1) is 17.1 Å². The van der Waals surface area contributed by atoms with E-state index in [1.807, 2.05) is 24.4 Å². The van der Waals surface area contributed by atoms with E-state index in [-0.39, 0.29) is 0 Å². The quantitative estimate of drug-likeness (QED) is 0.229. The summed E-state index contributed by atoms with van der Waals surface area (Å²) in [5.74, 6) is 0.719. The summed E-state index contributed by atoms with van der Waals surface area (Å²) in [6, 6.07) is 38.2. The molecule has 0 unspecified atom stereocenters. The fourth-order valence-electron chi connectivity index (χ4n) is 5.11. The van der Waals surface area contributed by atoms with Gasteiger partial charge in [0.25, 0.3) is 0 Å². The van der Waals surface area contributed by atoms with Gasteiger partial charge in [-0.2, -0.15) is 0 Å². The van der Waals surface area contributed by atoms with Gasteiger partial charge in [-0.25, -0.2) is 9.97 Å². The number of hydrogen-bond acceptors (Lipinski definition) is 3. The second kappa shape index (κ2) is 10.7. The smallest absolute Gasteiger partial charge is 0.160 e. The summed E-state index contributed by atoms with van der Waals surface area (Å²) in [5.41, 5.74) is 14.2. The van der Waals surface area contributed by atoms with Crippen LogP contribution in [0, 0.1) is 27.7 Å². The van der Waals surface area contributed by atoms with Crippen molar-refractivity contribution in [3.63, 3.8) is 0 Å². The second-order valence-electron chi connectivity index (χ2n) is 10.5. The fourth-order valence-corrected chi connectivity index (χ4v) is 5.11. The predicted octanol–water partition coefficient (Wildman–Crippen LogP) is 9.44. The zero-order valence-electron chi connectivity index (χ0n) is 23.3. The Balaban J connectivity index is 1.50. The molecule has 0 aliphatic carbocycles. The van der Waals surface area contributed by atoms with Crippen molar-refractivity contribution in [2.45, 2.75) is 27.7 Å². The monoisotopic (exact) mass is 517 g/mol. The van der Waals surface area contributed by atoms with Gasteiger partial charge in [-0.15, -0.1) is 0 Å². The first kappa shape index (κ1) is 25.4. The lowest BCUT2D eigenvalue weighted by Crippen LogP contribution is -1.98. The number of rotatable bonds is 5. The molecule has 0 radical (unpaired) electrons. The van der Waals surface area contributed by atoms with Crippen LogP contribution in [0.25, 0.3) is 56.3 Å². The van der Waals surface area contributed by atoms with Crippen LogP contribution in [0.15, 0.2) is 115 Å². The summed E-state index contributed by atoms with van der Waals surface area (Å²) >= 11 is 0. The van der Waals surface area contributed by atoms with Crippen LogP contribution < -0.4 is 0 Å². The van der Waals surface area contributed by atoms with Crippen LogP contribution in [0.1, 0.15) is 22.3 Å². The number of hydrogen-bond donors (Lipinski definition) is 0. The molecule has 2 heterocycles. The molecule has 6 rings (SSSR count). The van der Waals surface area contributed by atoms with Gasteiger partial charge < -0.3 is 0 Å². The third-order valence-corrected chi connectivity index (χ3v) is 7.34. The largest absolute Gasteiger partial charge is 0.256 e. The third-order valence-electron chi connectivity index (χ3n) is 7.34. The van der Waals surface area contributed by atoms with Gasteiger partial charge in [-0.1, -0.05) is 77.9 Å². The van der Waals surface area contributed by atoms with E-state index in [4.69, 9.17) is 9.97 Å². The van der Waals surface area contributed by atoms with Gasteiger partial charge in [0.15, 0.2) is 5.82 Å². The van der Waals surface area contributed by atoms with Gasteiger partial charge in [0.2, 0.25) is 0 Å². The van der Waals surface area contributed by atoms with E-state index in [1.165, 1.54) is 22.3 Å². The lowest BCUT2D eigenvalue weighted by atomic mass is 9.97. The minimum atomic E-state index is 0.719. The Morgan fingerprint density at radius 3 is 1.55 bits per heavy atom. The number of pyridine rings is 1. The first-order valence-corrected chi connectivity index (χ1v) is 13.6. The molecule has 6 aromatic rings. The average molecular weight is 518 g/mol. The first-order chi connectivity index (χ1) is 19.4. The summed E-state index contributed by atoms with van der Waals surface area (Å²) in [4.78, 5) is 14.8. The maximum Gasteiger partial charge on any atom is 0.160 e. The van der Waals surface area contributed by atoms with Crippen molar-refractivity contribution >= 4 is 0 Å². The molecule has 0 fully saturated rings. The van der Waals surface area contributed by atoms with Crippen molar-refractivity contribution in [1.82, 2.24) is 15.0 Å². The standard InChI is InChI=1S/C37H31N3/c1-24-14-16-26(3)32(19-24)35-23-36(33-20-25(2)15-17-27(33)4)40-37(39-35)31-12-8-10-29(22-31)28-9-7-11-30(21-28)34-13-5-6-18-38-34/h5-23H,1-4H3. The number of aryl methyl sites for hydroxylation is 4. The first-order valence-electron chi connectivity index (χ1n) is 13.6. The minimum absolute atomic E-state index is 0.719. The Morgan fingerprint density at radius 2 is 0.975 bits per heavy atom. The zero-order valence-corrected chi connectivity index (χ0v) is 23.3. The summed E-state index contributed by atoms with van der Waals surface area (Å²) in [7, 11) is 0. The average Bonchev–Trinajstić information content (AvgIpc) is 3.00. The highest BCUT2D eigenvalue weighted by atomic mass is 14.9. The van der Waals surface area contributed by atoms with Crippen molar-refractivity contribution in [2.75, 3.05) is 0 Å². The van der Waals surface area contributed by atoms with E-state index in [1.54, 1.807) is 0 Å². The topological polar surface area (TPSA) is 38.7 Å². The summed E-state index contributed by atoms with van der Waals surface area (Å²) in [5, 5.41) is 0. The molecular weight excluding hydrogens is 486 g/mol. The molecule has 0 saturated heterocycles. The summed E-state index contributed by atoms with van der Waals surface area (Å²) in [6.45, 7) is 8.53. The Kier molecular flexibility index (Phi) is 6.79. The molecule has 0 spiro atoms. The van der Waals surface area contributed by atoms with E-state index in [9.17, 15) is 0 Å². The molecule has 3 nitrogen and oxygen atoms in total. The lowest BCUT2D eigenvalue weighted by molar-refractivity contribution is 1.17. The Morgan fingerprint density at radius 1 is 0.425 bits per heavy atom. The van der Waals surface area contributed by atoms with E-state index in [0.29, 0.717) is 0 Å². The van der Waals surface area contributed by atoms with Gasteiger partial charge in [-0.05, 0) is 92.4 Å². The molecule has 0 atom stereocenters. The summed E-state index contributed by atoms with van der Waals surface area (Å²) in [6.07, 6.45) is 1.83. The molecule has 0 amide bonds. The molecule has 4 aromatic carbocycles. The summed E-state index contributed by atoms with van der Waals surface area (Å²) < 4.78 is 0. The maximum atomic E-state index is 5.13. The third kappa shape index (κ3) is 5.19. The Bertz CT molecular complexity index is 1770. The van der Waals surface area contributed by atoms with E-state index >= 15 is 0 Å². The van der Waals surface area contributed by atoms with Crippen LogP contribution in [-0.4, -0.2) is 15.0 Å². The zero-order chi connectivity index (χ0) is 27.6. The lowest BCUT2D eigenvalue weighted by Gasteiger charge is -2.14. The highest BCUT2D eigenvalue weighted by Gasteiger charge is 2.14. The Hall–Kier alpha value is -4.89. The van der Waals surface area contributed by atoms with Crippen molar-refractivity contribution in [3.05, 3.63) is 138 Å². The normalized spacial score (nSPS) is 11.0. The SMILES string of the molecule is Cc1ccc(C)c(-c2cc(-c3cc(C)ccc3C)nc(-c3cccc(-c4cccc(-c5ccccn5)c4)c3)n2)c1. The van der Waals surface area contributed by atoms with Crippen LogP contribution in [0.2, 0.25) is 0 Å². The molecule has 194 valence electrons. The number of aromatic nitrogens is 3. The molecule has 0 saturated carbocycles. The van der Waals surface area contributed by atoms with Crippen molar-refractivity contribution in [1.29, 1.82) is 0 Å². The van der Waals surface area contributed by atoms with Crippen LogP contribution in [0.3, 0.4) is 0 Å².